The smallest absolute Gasteiger partial charge is 0.251 e. The molecule has 0 unspecified atom stereocenters. The third-order valence-electron chi connectivity index (χ3n) is 2.86. The summed E-state index contributed by atoms with van der Waals surface area (Å²) in [6.07, 6.45) is 2.98. The van der Waals surface area contributed by atoms with Crippen LogP contribution in [0.1, 0.15) is 35.2 Å². The van der Waals surface area contributed by atoms with Crippen LogP contribution < -0.4 is 5.32 Å². The second kappa shape index (κ2) is 7.71. The lowest BCUT2D eigenvalue weighted by atomic mass is 10.1. The minimum absolute atomic E-state index is 0.129. The fraction of sp³-hybridized carbons (Fsp3) is 0.500. The highest BCUT2D eigenvalue weighted by Gasteiger charge is 2.10. The van der Waals surface area contributed by atoms with Gasteiger partial charge in [0, 0.05) is 31.4 Å². The van der Waals surface area contributed by atoms with Gasteiger partial charge in [0.05, 0.1) is 0 Å². The maximum atomic E-state index is 11.9. The molecule has 1 aromatic rings. The van der Waals surface area contributed by atoms with E-state index in [1.54, 1.807) is 32.2 Å². The molecule has 18 heavy (non-hydrogen) atoms. The lowest BCUT2D eigenvalue weighted by molar-refractivity contribution is 0.0951. The molecule has 0 bridgehead atoms. The summed E-state index contributed by atoms with van der Waals surface area (Å²) in [5, 5.41) is 12.4. The number of hydrogen-bond acceptors (Lipinski definition) is 3. The highest BCUT2D eigenvalue weighted by Crippen LogP contribution is 2.19. The van der Waals surface area contributed by atoms with Gasteiger partial charge in [-0.05, 0) is 38.3 Å². The molecule has 0 atom stereocenters. The van der Waals surface area contributed by atoms with Crippen LogP contribution in [0.25, 0.3) is 0 Å². The molecule has 0 aliphatic rings. The lowest BCUT2D eigenvalue weighted by Crippen LogP contribution is -2.25. The molecular weight excluding hydrogens is 230 g/mol. The molecule has 0 aliphatic heterocycles. The summed E-state index contributed by atoms with van der Waals surface area (Å²) in [7, 11) is 1.69. The van der Waals surface area contributed by atoms with Gasteiger partial charge in [-0.3, -0.25) is 4.79 Å². The first-order valence-corrected chi connectivity index (χ1v) is 6.22. The average Bonchev–Trinajstić information content (AvgIpc) is 2.36. The van der Waals surface area contributed by atoms with E-state index >= 15 is 0 Å². The predicted octanol–water partition coefficient (Wildman–Crippen LogP) is 2.25. The molecule has 0 heterocycles. The molecule has 0 saturated heterocycles. The molecule has 0 aliphatic carbocycles. The number of benzene rings is 1. The van der Waals surface area contributed by atoms with E-state index in [9.17, 15) is 9.90 Å². The molecule has 1 rings (SSSR count). The standard InChI is InChI=1S/C14H21NO3/c1-11-12(7-6-8-13(11)16)14(17)15-9-4-3-5-10-18-2/h6-8,16H,3-5,9-10H2,1-2H3,(H,15,17). The summed E-state index contributed by atoms with van der Waals surface area (Å²) in [5.41, 5.74) is 1.15. The maximum Gasteiger partial charge on any atom is 0.251 e. The highest BCUT2D eigenvalue weighted by molar-refractivity contribution is 5.96. The summed E-state index contributed by atoms with van der Waals surface area (Å²) >= 11 is 0. The summed E-state index contributed by atoms with van der Waals surface area (Å²) in [5.74, 6) is 0.0258. The Morgan fingerprint density at radius 1 is 1.33 bits per heavy atom. The summed E-state index contributed by atoms with van der Waals surface area (Å²) in [4.78, 5) is 11.9. The van der Waals surface area contributed by atoms with E-state index in [0.29, 0.717) is 17.7 Å². The number of methoxy groups -OCH3 is 1. The molecule has 4 nitrogen and oxygen atoms in total. The van der Waals surface area contributed by atoms with E-state index in [4.69, 9.17) is 4.74 Å². The number of hydrogen-bond donors (Lipinski definition) is 2. The second-order valence-electron chi connectivity index (χ2n) is 4.26. The van der Waals surface area contributed by atoms with Crippen molar-refractivity contribution < 1.29 is 14.6 Å². The Morgan fingerprint density at radius 2 is 2.11 bits per heavy atom. The zero-order valence-corrected chi connectivity index (χ0v) is 11.0. The second-order valence-corrected chi connectivity index (χ2v) is 4.26. The summed E-state index contributed by atoms with van der Waals surface area (Å²) in [6.45, 7) is 3.15. The van der Waals surface area contributed by atoms with Gasteiger partial charge in [-0.25, -0.2) is 0 Å². The SMILES string of the molecule is COCCCCCNC(=O)c1cccc(O)c1C. The zero-order valence-electron chi connectivity index (χ0n) is 11.0. The predicted molar refractivity (Wildman–Crippen MR) is 70.9 cm³/mol. The highest BCUT2D eigenvalue weighted by atomic mass is 16.5. The molecule has 2 N–H and O–H groups in total. The number of carbonyl (C=O) groups is 1. The van der Waals surface area contributed by atoms with E-state index in [0.717, 1.165) is 25.9 Å². The van der Waals surface area contributed by atoms with E-state index in [1.807, 2.05) is 0 Å². The number of ether oxygens (including phenoxy) is 1. The Bertz CT molecular complexity index is 391. The van der Waals surface area contributed by atoms with E-state index in [-0.39, 0.29) is 11.7 Å². The monoisotopic (exact) mass is 251 g/mol. The van der Waals surface area contributed by atoms with Gasteiger partial charge in [-0.1, -0.05) is 6.07 Å². The van der Waals surface area contributed by atoms with Crippen molar-refractivity contribution in [2.24, 2.45) is 0 Å². The van der Waals surface area contributed by atoms with Gasteiger partial charge < -0.3 is 15.2 Å². The largest absolute Gasteiger partial charge is 0.508 e. The minimum atomic E-state index is -0.129. The fourth-order valence-electron chi connectivity index (χ4n) is 1.71. The summed E-state index contributed by atoms with van der Waals surface area (Å²) in [6, 6.07) is 4.97. The van der Waals surface area contributed by atoms with Gasteiger partial charge in [0.1, 0.15) is 5.75 Å². The van der Waals surface area contributed by atoms with Crippen LogP contribution in [-0.4, -0.2) is 31.3 Å². The molecule has 0 fully saturated rings. The van der Waals surface area contributed by atoms with Gasteiger partial charge in [0.2, 0.25) is 0 Å². The van der Waals surface area contributed by atoms with Crippen molar-refractivity contribution in [1.82, 2.24) is 5.32 Å². The Hall–Kier alpha value is -1.55. The Labute approximate surface area is 108 Å². The molecule has 0 aromatic heterocycles. The Kier molecular flexibility index (Phi) is 6.22. The van der Waals surface area contributed by atoms with Crippen molar-refractivity contribution in [2.75, 3.05) is 20.3 Å². The number of aromatic hydroxyl groups is 1. The van der Waals surface area contributed by atoms with Crippen LogP contribution in [-0.2, 0) is 4.74 Å². The average molecular weight is 251 g/mol. The van der Waals surface area contributed by atoms with Crippen LogP contribution in [0.2, 0.25) is 0 Å². The van der Waals surface area contributed by atoms with Crippen molar-refractivity contribution in [3.8, 4) is 5.75 Å². The van der Waals surface area contributed by atoms with Crippen LogP contribution in [0.5, 0.6) is 5.75 Å². The molecule has 0 radical (unpaired) electrons. The molecule has 1 amide bonds. The van der Waals surface area contributed by atoms with E-state index < -0.39 is 0 Å². The number of phenols is 1. The number of amides is 1. The van der Waals surface area contributed by atoms with Gasteiger partial charge >= 0.3 is 0 Å². The van der Waals surface area contributed by atoms with Crippen molar-refractivity contribution >= 4 is 5.91 Å². The number of phenolic OH excluding ortho intramolecular Hbond substituents is 1. The Morgan fingerprint density at radius 3 is 2.83 bits per heavy atom. The van der Waals surface area contributed by atoms with Crippen LogP contribution in [0.3, 0.4) is 0 Å². The van der Waals surface area contributed by atoms with E-state index in [2.05, 4.69) is 5.32 Å². The first-order chi connectivity index (χ1) is 8.66. The topological polar surface area (TPSA) is 58.6 Å². The zero-order chi connectivity index (χ0) is 13.4. The number of carbonyl (C=O) groups excluding carboxylic acids is 1. The normalized spacial score (nSPS) is 10.3. The first kappa shape index (κ1) is 14.5. The molecule has 1 aromatic carbocycles. The van der Waals surface area contributed by atoms with Crippen LogP contribution in [0, 0.1) is 6.92 Å². The van der Waals surface area contributed by atoms with Crippen LogP contribution >= 0.6 is 0 Å². The van der Waals surface area contributed by atoms with Crippen molar-refractivity contribution in [1.29, 1.82) is 0 Å². The number of rotatable bonds is 7. The first-order valence-electron chi connectivity index (χ1n) is 6.22. The lowest BCUT2D eigenvalue weighted by Gasteiger charge is -2.08. The summed E-state index contributed by atoms with van der Waals surface area (Å²) < 4.78 is 4.95. The minimum Gasteiger partial charge on any atom is -0.508 e. The molecular formula is C14H21NO3. The Balaban J connectivity index is 2.35. The van der Waals surface area contributed by atoms with Gasteiger partial charge in [-0.15, -0.1) is 0 Å². The van der Waals surface area contributed by atoms with Crippen molar-refractivity contribution in [3.63, 3.8) is 0 Å². The fourth-order valence-corrected chi connectivity index (χ4v) is 1.71. The molecule has 0 saturated carbocycles. The van der Waals surface area contributed by atoms with Gasteiger partial charge in [-0.2, -0.15) is 0 Å². The quantitative estimate of drug-likeness (QED) is 0.731. The van der Waals surface area contributed by atoms with Crippen LogP contribution in [0.15, 0.2) is 18.2 Å². The molecule has 4 heteroatoms. The third kappa shape index (κ3) is 4.37. The molecule has 100 valence electrons. The van der Waals surface area contributed by atoms with Crippen molar-refractivity contribution in [3.05, 3.63) is 29.3 Å². The third-order valence-corrected chi connectivity index (χ3v) is 2.86. The number of nitrogens with one attached hydrogen (secondary N) is 1. The van der Waals surface area contributed by atoms with Crippen molar-refractivity contribution in [2.45, 2.75) is 26.2 Å². The van der Waals surface area contributed by atoms with Crippen LogP contribution in [0.4, 0.5) is 0 Å². The maximum absolute atomic E-state index is 11.9. The number of unbranched alkanes of at least 4 members (excludes halogenated alkanes) is 2. The van der Waals surface area contributed by atoms with Gasteiger partial charge in [0.15, 0.2) is 0 Å². The molecule has 0 spiro atoms. The van der Waals surface area contributed by atoms with E-state index in [1.165, 1.54) is 0 Å². The van der Waals surface area contributed by atoms with Gasteiger partial charge in [0.25, 0.3) is 5.91 Å².